The second-order valence-electron chi connectivity index (χ2n) is 6.86. The third kappa shape index (κ3) is 3.22. The third-order valence-corrected chi connectivity index (χ3v) is 3.95. The number of hydrogen-bond acceptors (Lipinski definition) is 4. The highest BCUT2D eigenvalue weighted by molar-refractivity contribution is 5.94. The second-order valence-corrected chi connectivity index (χ2v) is 6.86. The molecular weight excluding hydrogens is 306 g/mol. The Morgan fingerprint density at radius 1 is 1.33 bits per heavy atom. The summed E-state index contributed by atoms with van der Waals surface area (Å²) in [6.45, 7) is 6.78. The van der Waals surface area contributed by atoms with Crippen LogP contribution < -0.4 is 4.74 Å². The summed E-state index contributed by atoms with van der Waals surface area (Å²) in [4.78, 5) is 13.9. The van der Waals surface area contributed by atoms with Gasteiger partial charge < -0.3 is 14.4 Å². The number of methoxy groups -OCH3 is 1. The second kappa shape index (κ2) is 6.19. The molecule has 0 unspecified atom stereocenters. The molecule has 24 heavy (non-hydrogen) atoms. The molecule has 0 radical (unpaired) electrons. The van der Waals surface area contributed by atoms with Gasteiger partial charge in [0.15, 0.2) is 0 Å². The Morgan fingerprint density at radius 2 is 2.12 bits per heavy atom. The normalized spacial score (nSPS) is 15.3. The van der Waals surface area contributed by atoms with E-state index in [9.17, 15) is 4.79 Å². The molecule has 0 saturated heterocycles. The molecule has 6 heteroatoms. The Hall–Kier alpha value is -2.50. The lowest BCUT2D eigenvalue weighted by Crippen LogP contribution is -2.39. The summed E-state index contributed by atoms with van der Waals surface area (Å²) >= 11 is 0. The minimum Gasteiger partial charge on any atom is -0.494 e. The molecule has 1 aliphatic rings. The highest BCUT2D eigenvalue weighted by Gasteiger charge is 2.25. The van der Waals surface area contributed by atoms with Gasteiger partial charge in [0.2, 0.25) is 0 Å². The van der Waals surface area contributed by atoms with Crippen LogP contribution in [0.1, 0.15) is 32.9 Å². The number of aromatic amines is 1. The van der Waals surface area contributed by atoms with Crippen molar-refractivity contribution in [3.05, 3.63) is 30.0 Å². The summed E-state index contributed by atoms with van der Waals surface area (Å²) in [7, 11) is 1.65. The Balaban J connectivity index is 1.80. The van der Waals surface area contributed by atoms with Crippen LogP contribution in [-0.2, 0) is 4.74 Å². The zero-order valence-electron chi connectivity index (χ0n) is 14.5. The number of carbonyl (C=O) groups excluding carboxylic acids is 1. The van der Waals surface area contributed by atoms with Gasteiger partial charge in [-0.05, 0) is 38.8 Å². The first kappa shape index (κ1) is 16.4. The van der Waals surface area contributed by atoms with Crippen LogP contribution in [0.2, 0.25) is 0 Å². The summed E-state index contributed by atoms with van der Waals surface area (Å²) in [5, 5.41) is 8.53. The number of H-pyrrole nitrogens is 1. The molecule has 0 saturated carbocycles. The minimum atomic E-state index is -0.476. The largest absolute Gasteiger partial charge is 0.494 e. The van der Waals surface area contributed by atoms with Crippen molar-refractivity contribution in [2.75, 3.05) is 20.2 Å². The van der Waals surface area contributed by atoms with Crippen LogP contribution in [0.5, 0.6) is 5.75 Å². The van der Waals surface area contributed by atoms with E-state index in [-0.39, 0.29) is 6.09 Å². The average Bonchev–Trinajstić information content (AvgIpc) is 2.97. The summed E-state index contributed by atoms with van der Waals surface area (Å²) in [6, 6.07) is 5.89. The minimum absolute atomic E-state index is 0.272. The molecule has 0 atom stereocenters. The van der Waals surface area contributed by atoms with Crippen molar-refractivity contribution in [2.45, 2.75) is 32.8 Å². The average molecular weight is 329 g/mol. The van der Waals surface area contributed by atoms with Crippen LogP contribution in [0.25, 0.3) is 16.5 Å². The number of benzene rings is 1. The fourth-order valence-corrected chi connectivity index (χ4v) is 2.81. The molecule has 1 aliphatic heterocycles. The van der Waals surface area contributed by atoms with E-state index in [4.69, 9.17) is 9.47 Å². The van der Waals surface area contributed by atoms with E-state index in [1.807, 2.05) is 45.0 Å². The Bertz CT molecular complexity index is 786. The van der Waals surface area contributed by atoms with Crippen LogP contribution in [0.3, 0.4) is 0 Å². The number of nitrogens with zero attached hydrogens (tertiary/aromatic N) is 2. The number of aromatic nitrogens is 2. The van der Waals surface area contributed by atoms with Crippen molar-refractivity contribution in [1.29, 1.82) is 0 Å². The fraction of sp³-hybridized carbons (Fsp3) is 0.444. The van der Waals surface area contributed by atoms with E-state index in [2.05, 4.69) is 10.2 Å². The zero-order chi connectivity index (χ0) is 17.3. The smallest absolute Gasteiger partial charge is 0.410 e. The van der Waals surface area contributed by atoms with Crippen LogP contribution in [0.4, 0.5) is 4.79 Å². The lowest BCUT2D eigenvalue weighted by Gasteiger charge is -2.29. The molecule has 2 heterocycles. The van der Waals surface area contributed by atoms with Crippen molar-refractivity contribution in [3.63, 3.8) is 0 Å². The van der Waals surface area contributed by atoms with E-state index in [0.29, 0.717) is 13.1 Å². The van der Waals surface area contributed by atoms with Gasteiger partial charge in [0.1, 0.15) is 16.9 Å². The molecule has 6 nitrogen and oxygen atoms in total. The first-order valence-electron chi connectivity index (χ1n) is 8.07. The molecule has 0 aliphatic carbocycles. The van der Waals surface area contributed by atoms with Crippen LogP contribution >= 0.6 is 0 Å². The van der Waals surface area contributed by atoms with Crippen molar-refractivity contribution in [3.8, 4) is 5.75 Å². The summed E-state index contributed by atoms with van der Waals surface area (Å²) < 4.78 is 10.8. The van der Waals surface area contributed by atoms with Crippen LogP contribution in [-0.4, -0.2) is 47.0 Å². The third-order valence-electron chi connectivity index (χ3n) is 3.95. The number of ether oxygens (including phenoxy) is 2. The van der Waals surface area contributed by atoms with E-state index in [0.717, 1.165) is 34.3 Å². The molecule has 0 bridgehead atoms. The Kier molecular flexibility index (Phi) is 4.22. The molecule has 0 spiro atoms. The monoisotopic (exact) mass is 329 g/mol. The van der Waals surface area contributed by atoms with Gasteiger partial charge in [-0.3, -0.25) is 5.10 Å². The van der Waals surface area contributed by atoms with Gasteiger partial charge in [0.25, 0.3) is 0 Å². The van der Waals surface area contributed by atoms with E-state index in [1.165, 1.54) is 0 Å². The number of fused-ring (bicyclic) bond motifs is 1. The summed E-state index contributed by atoms with van der Waals surface area (Å²) in [5.41, 5.74) is 2.48. The molecule has 3 rings (SSSR count). The number of para-hydroxylation sites is 1. The number of amides is 1. The van der Waals surface area contributed by atoms with Gasteiger partial charge in [-0.25, -0.2) is 4.79 Å². The number of carbonyl (C=O) groups is 1. The number of rotatable bonds is 2. The van der Waals surface area contributed by atoms with Crippen molar-refractivity contribution < 1.29 is 14.3 Å². The van der Waals surface area contributed by atoms with Crippen LogP contribution in [0, 0.1) is 0 Å². The van der Waals surface area contributed by atoms with Gasteiger partial charge in [0.05, 0.1) is 12.8 Å². The fourth-order valence-electron chi connectivity index (χ4n) is 2.81. The molecule has 128 valence electrons. The molecule has 0 fully saturated rings. The maximum atomic E-state index is 12.1. The topological polar surface area (TPSA) is 67.4 Å². The van der Waals surface area contributed by atoms with E-state index < -0.39 is 5.60 Å². The maximum absolute atomic E-state index is 12.1. The molecule has 1 amide bonds. The van der Waals surface area contributed by atoms with Crippen molar-refractivity contribution in [2.24, 2.45) is 0 Å². The molecular formula is C18H23N3O3. The quantitative estimate of drug-likeness (QED) is 0.914. The highest BCUT2D eigenvalue weighted by Crippen LogP contribution is 2.31. The zero-order valence-corrected chi connectivity index (χ0v) is 14.5. The number of nitrogens with one attached hydrogen (secondary N) is 1. The maximum Gasteiger partial charge on any atom is 0.410 e. The van der Waals surface area contributed by atoms with Gasteiger partial charge in [-0.15, -0.1) is 0 Å². The lowest BCUT2D eigenvalue weighted by atomic mass is 10.0. The van der Waals surface area contributed by atoms with Gasteiger partial charge in [-0.2, -0.15) is 5.10 Å². The molecule has 2 aromatic rings. The lowest BCUT2D eigenvalue weighted by molar-refractivity contribution is 0.0270. The predicted octanol–water partition coefficient (Wildman–Crippen LogP) is 3.60. The summed E-state index contributed by atoms with van der Waals surface area (Å²) in [5.74, 6) is 0.776. The van der Waals surface area contributed by atoms with E-state index in [1.54, 1.807) is 12.0 Å². The van der Waals surface area contributed by atoms with Crippen molar-refractivity contribution in [1.82, 2.24) is 15.1 Å². The first-order chi connectivity index (χ1) is 11.4. The molecule has 1 N–H and O–H groups in total. The first-order valence-corrected chi connectivity index (χ1v) is 8.07. The van der Waals surface area contributed by atoms with Crippen molar-refractivity contribution >= 4 is 22.6 Å². The van der Waals surface area contributed by atoms with E-state index >= 15 is 0 Å². The summed E-state index contributed by atoms with van der Waals surface area (Å²) in [6.07, 6.45) is 2.52. The van der Waals surface area contributed by atoms with Crippen LogP contribution in [0.15, 0.2) is 24.3 Å². The Labute approximate surface area is 141 Å². The van der Waals surface area contributed by atoms with Gasteiger partial charge in [-0.1, -0.05) is 18.2 Å². The highest BCUT2D eigenvalue weighted by atomic mass is 16.6. The standard InChI is InChI=1S/C18H23N3O3/c1-18(2,3)24-17(22)21-10-8-12(9-11-21)15-13-6-5-7-14(23-4)16(13)20-19-15/h5-8H,9-11H2,1-4H3,(H,19,20). The van der Waals surface area contributed by atoms with Gasteiger partial charge in [0, 0.05) is 18.5 Å². The SMILES string of the molecule is COc1cccc2c(C3=CCN(C(=O)OC(C)(C)C)CC3)n[nH]c12. The molecule has 1 aromatic carbocycles. The Morgan fingerprint density at radius 3 is 2.75 bits per heavy atom. The predicted molar refractivity (Wildman–Crippen MR) is 93.0 cm³/mol. The van der Waals surface area contributed by atoms with Gasteiger partial charge >= 0.3 is 6.09 Å². The number of hydrogen-bond donors (Lipinski definition) is 1. The molecule has 1 aromatic heterocycles.